The van der Waals surface area contributed by atoms with Gasteiger partial charge in [0.1, 0.15) is 0 Å². The second-order valence-electron chi connectivity index (χ2n) is 8.23. The molecule has 0 saturated carbocycles. The summed E-state index contributed by atoms with van der Waals surface area (Å²) in [6.07, 6.45) is 9.53. The van der Waals surface area contributed by atoms with E-state index in [9.17, 15) is 0 Å². The molecule has 1 aliphatic rings. The van der Waals surface area contributed by atoms with Crippen LogP contribution in [0.2, 0.25) is 0 Å². The predicted molar refractivity (Wildman–Crippen MR) is 145 cm³/mol. The van der Waals surface area contributed by atoms with Gasteiger partial charge in [-0.2, -0.15) is 0 Å². The van der Waals surface area contributed by atoms with Gasteiger partial charge in [-0.1, -0.05) is 41.7 Å². The minimum Gasteiger partial charge on any atom is -0.477 e. The number of fused-ring (bicyclic) bond motifs is 7. The average molecular weight is 571 g/mol. The molecule has 3 aromatic rings. The molecule has 0 fully saturated rings. The van der Waals surface area contributed by atoms with Crippen molar-refractivity contribution in [3.05, 3.63) is 66.5 Å². The van der Waals surface area contributed by atoms with Gasteiger partial charge >= 0.3 is 0 Å². The minimum absolute atomic E-state index is 0.519. The first kappa shape index (κ1) is 24.4. The Labute approximate surface area is 214 Å². The molecule has 7 nitrogen and oxygen atoms in total. The van der Waals surface area contributed by atoms with Crippen molar-refractivity contribution in [2.45, 2.75) is 30.3 Å². The first-order chi connectivity index (χ1) is 16.6. The Morgan fingerprint density at radius 1 is 1.12 bits per heavy atom. The highest BCUT2D eigenvalue weighted by Crippen LogP contribution is 2.27. The second-order valence-corrected chi connectivity index (χ2v) is 10.4. The summed E-state index contributed by atoms with van der Waals surface area (Å²) in [5.41, 5.74) is 4.96. The van der Waals surface area contributed by atoms with Crippen molar-refractivity contribution >= 4 is 39.9 Å². The standard InChI is InChI=1S/C26H30IN5O2/c1-19(27)10-13-32(2)24-7-6-22-16-21(24)18-33-14-4-3-5-15-34-25-17-20(8-11-28-25)23-9-12-29-26(30-22)31-23/h3-4,6-9,11-12,16-17,19H,5,10,13-15,18H2,1-2H3,(H,29,30,31)/b4-3+. The second kappa shape index (κ2) is 12.1. The van der Waals surface area contributed by atoms with E-state index in [0.29, 0.717) is 35.6 Å². The van der Waals surface area contributed by atoms with Crippen LogP contribution in [-0.2, 0) is 11.3 Å². The van der Waals surface area contributed by atoms with Gasteiger partial charge in [-0.05, 0) is 43.2 Å². The molecule has 4 rings (SSSR count). The Morgan fingerprint density at radius 3 is 2.88 bits per heavy atom. The van der Waals surface area contributed by atoms with Crippen molar-refractivity contribution in [1.82, 2.24) is 15.0 Å². The van der Waals surface area contributed by atoms with Gasteiger partial charge in [-0.15, -0.1) is 0 Å². The van der Waals surface area contributed by atoms with Crippen molar-refractivity contribution < 1.29 is 9.47 Å². The zero-order chi connectivity index (χ0) is 23.8. The van der Waals surface area contributed by atoms with E-state index in [1.807, 2.05) is 24.3 Å². The monoisotopic (exact) mass is 571 g/mol. The first-order valence-corrected chi connectivity index (χ1v) is 12.7. The lowest BCUT2D eigenvalue weighted by atomic mass is 10.1. The normalized spacial score (nSPS) is 15.7. The molecule has 0 aliphatic carbocycles. The fourth-order valence-electron chi connectivity index (χ4n) is 3.65. The van der Waals surface area contributed by atoms with Crippen LogP contribution < -0.4 is 15.0 Å². The Balaban J connectivity index is 1.64. The molecule has 0 amide bonds. The summed E-state index contributed by atoms with van der Waals surface area (Å²) in [6.45, 7) is 4.84. The van der Waals surface area contributed by atoms with Crippen molar-refractivity contribution in [1.29, 1.82) is 0 Å². The molecular formula is C26H30IN5O2. The van der Waals surface area contributed by atoms with Crippen LogP contribution in [0.5, 0.6) is 5.88 Å². The quantitative estimate of drug-likeness (QED) is 0.242. The molecule has 1 atom stereocenters. The summed E-state index contributed by atoms with van der Waals surface area (Å²) in [4.78, 5) is 15.7. The van der Waals surface area contributed by atoms with Crippen LogP contribution in [0.1, 0.15) is 25.3 Å². The Bertz CT molecular complexity index is 1120. The van der Waals surface area contributed by atoms with E-state index >= 15 is 0 Å². The Morgan fingerprint density at radius 2 is 2.00 bits per heavy atom. The van der Waals surface area contributed by atoms with E-state index in [1.54, 1.807) is 12.4 Å². The number of hydrogen-bond donors (Lipinski definition) is 1. The minimum atomic E-state index is 0.519. The molecule has 3 heterocycles. The molecule has 0 saturated heterocycles. The lowest BCUT2D eigenvalue weighted by molar-refractivity contribution is 0.149. The van der Waals surface area contributed by atoms with Gasteiger partial charge in [0.25, 0.3) is 0 Å². The van der Waals surface area contributed by atoms with E-state index in [2.05, 4.69) is 81.0 Å². The zero-order valence-electron chi connectivity index (χ0n) is 19.6. The number of rotatable bonds is 4. The lowest BCUT2D eigenvalue weighted by Crippen LogP contribution is -2.22. The van der Waals surface area contributed by atoms with Gasteiger partial charge < -0.3 is 19.7 Å². The largest absolute Gasteiger partial charge is 0.477 e. The third-order valence-electron chi connectivity index (χ3n) is 5.47. The maximum atomic E-state index is 5.99. The van der Waals surface area contributed by atoms with E-state index in [-0.39, 0.29) is 0 Å². The summed E-state index contributed by atoms with van der Waals surface area (Å²) in [5, 5.41) is 3.35. The van der Waals surface area contributed by atoms with Gasteiger partial charge in [0.05, 0.1) is 25.5 Å². The summed E-state index contributed by atoms with van der Waals surface area (Å²) in [5.74, 6) is 1.12. The maximum absolute atomic E-state index is 5.99. The lowest BCUT2D eigenvalue weighted by Gasteiger charge is -2.24. The average Bonchev–Trinajstić information content (AvgIpc) is 2.84. The van der Waals surface area contributed by atoms with Crippen LogP contribution in [-0.4, -0.2) is 45.7 Å². The van der Waals surface area contributed by atoms with Crippen molar-refractivity contribution in [3.63, 3.8) is 0 Å². The molecule has 1 aliphatic heterocycles. The number of pyridine rings is 1. The number of nitrogens with zero attached hydrogens (tertiary/aromatic N) is 4. The van der Waals surface area contributed by atoms with Gasteiger partial charge in [0, 0.05) is 58.5 Å². The van der Waals surface area contributed by atoms with Gasteiger partial charge in [0.15, 0.2) is 0 Å². The number of nitrogens with one attached hydrogen (secondary N) is 1. The van der Waals surface area contributed by atoms with Crippen molar-refractivity contribution in [3.8, 4) is 17.1 Å². The van der Waals surface area contributed by atoms with E-state index in [0.717, 1.165) is 41.9 Å². The molecule has 1 N–H and O–H groups in total. The number of anilines is 3. The molecule has 178 valence electrons. The molecule has 1 unspecified atom stereocenters. The third-order valence-corrected chi connectivity index (χ3v) is 6.09. The van der Waals surface area contributed by atoms with Crippen LogP contribution in [0.4, 0.5) is 17.3 Å². The fraction of sp³-hybridized carbons (Fsp3) is 0.346. The van der Waals surface area contributed by atoms with Gasteiger partial charge in [-0.3, -0.25) is 0 Å². The van der Waals surface area contributed by atoms with Gasteiger partial charge in [-0.25, -0.2) is 15.0 Å². The van der Waals surface area contributed by atoms with E-state index in [1.165, 1.54) is 5.69 Å². The summed E-state index contributed by atoms with van der Waals surface area (Å²) < 4.78 is 12.4. The van der Waals surface area contributed by atoms with Crippen LogP contribution >= 0.6 is 22.6 Å². The first-order valence-electron chi connectivity index (χ1n) is 11.5. The number of benzene rings is 1. The third kappa shape index (κ3) is 6.89. The van der Waals surface area contributed by atoms with E-state index < -0.39 is 0 Å². The number of halogens is 1. The fourth-order valence-corrected chi connectivity index (χ4v) is 3.93. The number of hydrogen-bond acceptors (Lipinski definition) is 7. The number of ether oxygens (including phenoxy) is 2. The zero-order valence-corrected chi connectivity index (χ0v) is 21.7. The Kier molecular flexibility index (Phi) is 8.70. The van der Waals surface area contributed by atoms with Crippen LogP contribution in [0.15, 0.2) is 60.9 Å². The SMILES string of the molecule is CC(I)CCN(C)c1ccc2cc1COC/C=C/CCOc1cc(ccn1)-c1ccnc(n1)N2. The van der Waals surface area contributed by atoms with Crippen LogP contribution in [0, 0.1) is 0 Å². The number of aromatic nitrogens is 3. The summed E-state index contributed by atoms with van der Waals surface area (Å²) in [6, 6.07) is 12.0. The predicted octanol–water partition coefficient (Wildman–Crippen LogP) is 5.79. The molecule has 2 aromatic heterocycles. The van der Waals surface area contributed by atoms with Crippen molar-refractivity contribution in [2.24, 2.45) is 0 Å². The molecule has 0 radical (unpaired) electrons. The molecule has 6 bridgehead atoms. The highest BCUT2D eigenvalue weighted by atomic mass is 127. The molecule has 8 heteroatoms. The molecular weight excluding hydrogens is 541 g/mol. The van der Waals surface area contributed by atoms with Gasteiger partial charge in [0.2, 0.25) is 11.8 Å². The molecule has 34 heavy (non-hydrogen) atoms. The molecule has 0 spiro atoms. The summed E-state index contributed by atoms with van der Waals surface area (Å²) in [7, 11) is 2.14. The van der Waals surface area contributed by atoms with Crippen molar-refractivity contribution in [2.75, 3.05) is 37.0 Å². The highest BCUT2D eigenvalue weighted by Gasteiger charge is 2.12. The molecule has 1 aromatic carbocycles. The van der Waals surface area contributed by atoms with Crippen LogP contribution in [0.3, 0.4) is 0 Å². The summed E-state index contributed by atoms with van der Waals surface area (Å²) >= 11 is 2.48. The maximum Gasteiger partial charge on any atom is 0.227 e. The van der Waals surface area contributed by atoms with Crippen LogP contribution in [0.25, 0.3) is 11.3 Å². The number of alkyl halides is 1. The van der Waals surface area contributed by atoms with E-state index in [4.69, 9.17) is 14.5 Å². The highest BCUT2D eigenvalue weighted by molar-refractivity contribution is 14.1. The Hall–Kier alpha value is -2.72. The smallest absolute Gasteiger partial charge is 0.227 e. The topological polar surface area (TPSA) is 72.4 Å².